The maximum Gasteiger partial charge on any atom is 0.188 e. The molecule has 0 aliphatic carbocycles. The first kappa shape index (κ1) is 21.2. The molecule has 1 aromatic carbocycles. The van der Waals surface area contributed by atoms with Crippen LogP contribution in [-0.4, -0.2) is 32.3 Å². The van der Waals surface area contributed by atoms with Crippen molar-refractivity contribution in [2.75, 3.05) is 26.3 Å². The van der Waals surface area contributed by atoms with E-state index >= 15 is 0 Å². The van der Waals surface area contributed by atoms with E-state index in [1.807, 2.05) is 6.92 Å². The zero-order valence-corrected chi connectivity index (χ0v) is 16.5. The maximum absolute atomic E-state index is 5.90. The van der Waals surface area contributed by atoms with E-state index in [1.165, 1.54) is 11.1 Å². The topological polar surface area (TPSA) is 59.6 Å². The van der Waals surface area contributed by atoms with Gasteiger partial charge in [-0.3, -0.25) is 4.99 Å². The molecule has 0 spiro atoms. The Morgan fingerprint density at radius 3 is 2.50 bits per heavy atom. The Morgan fingerprint density at radius 1 is 1.27 bits per heavy atom. The van der Waals surface area contributed by atoms with Crippen molar-refractivity contribution in [3.63, 3.8) is 0 Å². The normalized spacial score (nSPS) is 11.9. The van der Waals surface area contributed by atoms with E-state index in [1.54, 1.807) is 0 Å². The predicted molar refractivity (Wildman–Crippen MR) is 105 cm³/mol. The molecule has 5 heteroatoms. The van der Waals surface area contributed by atoms with Crippen LogP contribution in [0.25, 0.3) is 0 Å². The molecule has 0 heterocycles. The lowest BCUT2D eigenvalue weighted by atomic mass is 9.84. The zero-order valence-electron chi connectivity index (χ0n) is 14.2. The van der Waals surface area contributed by atoms with Gasteiger partial charge in [0.25, 0.3) is 0 Å². The molecule has 0 aliphatic rings. The largest absolute Gasteiger partial charge is 0.382 e. The maximum atomic E-state index is 5.90. The molecule has 4 nitrogen and oxygen atoms in total. The smallest absolute Gasteiger partial charge is 0.188 e. The molecule has 0 fully saturated rings. The van der Waals surface area contributed by atoms with E-state index < -0.39 is 0 Å². The molecule has 0 saturated carbocycles. The lowest BCUT2D eigenvalue weighted by Crippen LogP contribution is -2.34. The minimum atomic E-state index is -0.0225. The van der Waals surface area contributed by atoms with E-state index in [9.17, 15) is 0 Å². The molecule has 1 rings (SSSR count). The lowest BCUT2D eigenvalue weighted by molar-refractivity contribution is 0.145. The number of hydrogen-bond acceptors (Lipinski definition) is 2. The Hall–Kier alpha value is -0.820. The molecule has 0 unspecified atom stereocenters. The van der Waals surface area contributed by atoms with Crippen LogP contribution in [0.5, 0.6) is 0 Å². The van der Waals surface area contributed by atoms with Crippen molar-refractivity contribution in [3.8, 4) is 0 Å². The summed E-state index contributed by atoms with van der Waals surface area (Å²) in [5.41, 5.74) is 8.42. The van der Waals surface area contributed by atoms with Crippen LogP contribution < -0.4 is 11.1 Å². The van der Waals surface area contributed by atoms with Crippen molar-refractivity contribution < 1.29 is 4.74 Å². The summed E-state index contributed by atoms with van der Waals surface area (Å²) in [6.45, 7) is 11.4. The van der Waals surface area contributed by atoms with Gasteiger partial charge in [-0.15, -0.1) is 24.0 Å². The van der Waals surface area contributed by atoms with Crippen LogP contribution in [0.2, 0.25) is 0 Å². The summed E-state index contributed by atoms with van der Waals surface area (Å²) in [6, 6.07) is 8.60. The highest BCUT2D eigenvalue weighted by Crippen LogP contribution is 2.23. The van der Waals surface area contributed by atoms with E-state index in [-0.39, 0.29) is 29.4 Å². The standard InChI is InChI=1S/C17H29N3O.HI/c1-5-21-12-6-11-19-16(18)20-13-17(3,4)15-9-7-14(2)8-10-15;/h7-10H,5-6,11-13H2,1-4H3,(H3,18,19,20);1H. The number of guanidine groups is 1. The average molecular weight is 419 g/mol. The molecule has 1 aromatic rings. The minimum Gasteiger partial charge on any atom is -0.382 e. The van der Waals surface area contributed by atoms with Crippen molar-refractivity contribution >= 4 is 29.9 Å². The van der Waals surface area contributed by atoms with Gasteiger partial charge in [-0.1, -0.05) is 43.7 Å². The molecule has 126 valence electrons. The second kappa shape index (κ2) is 10.8. The van der Waals surface area contributed by atoms with Crippen LogP contribution >= 0.6 is 24.0 Å². The van der Waals surface area contributed by atoms with Gasteiger partial charge in [0.15, 0.2) is 5.96 Å². The van der Waals surface area contributed by atoms with Gasteiger partial charge < -0.3 is 15.8 Å². The summed E-state index contributed by atoms with van der Waals surface area (Å²) in [7, 11) is 0. The predicted octanol–water partition coefficient (Wildman–Crippen LogP) is 3.22. The first-order chi connectivity index (χ1) is 9.95. The van der Waals surface area contributed by atoms with Gasteiger partial charge in [0.1, 0.15) is 0 Å². The van der Waals surface area contributed by atoms with Gasteiger partial charge in [0.2, 0.25) is 0 Å². The first-order valence-corrected chi connectivity index (χ1v) is 7.64. The average Bonchev–Trinajstić information content (AvgIpc) is 2.45. The number of nitrogens with two attached hydrogens (primary N) is 1. The van der Waals surface area contributed by atoms with Crippen LogP contribution in [-0.2, 0) is 10.2 Å². The first-order valence-electron chi connectivity index (χ1n) is 7.64. The van der Waals surface area contributed by atoms with Crippen molar-refractivity contribution in [2.45, 2.75) is 39.5 Å². The molecular weight excluding hydrogens is 389 g/mol. The number of benzene rings is 1. The zero-order chi connectivity index (χ0) is 15.7. The second-order valence-corrected chi connectivity index (χ2v) is 5.93. The highest BCUT2D eigenvalue weighted by atomic mass is 127. The molecule has 0 aromatic heterocycles. The van der Waals surface area contributed by atoms with Gasteiger partial charge in [0.05, 0.1) is 6.54 Å². The van der Waals surface area contributed by atoms with E-state index in [2.05, 4.69) is 55.3 Å². The van der Waals surface area contributed by atoms with Crippen molar-refractivity contribution in [2.24, 2.45) is 10.7 Å². The van der Waals surface area contributed by atoms with Gasteiger partial charge in [0, 0.05) is 25.2 Å². The quantitative estimate of drug-likeness (QED) is 0.295. The molecule has 0 amide bonds. The minimum absolute atomic E-state index is 0. The Labute approximate surface area is 151 Å². The van der Waals surface area contributed by atoms with Crippen LogP contribution in [0.3, 0.4) is 0 Å². The highest BCUT2D eigenvalue weighted by molar-refractivity contribution is 14.0. The Morgan fingerprint density at radius 2 is 1.91 bits per heavy atom. The van der Waals surface area contributed by atoms with Gasteiger partial charge in [-0.2, -0.15) is 0 Å². The fourth-order valence-electron chi connectivity index (χ4n) is 1.97. The molecule has 0 atom stereocenters. The molecule has 0 radical (unpaired) electrons. The molecule has 0 saturated heterocycles. The number of ether oxygens (including phenoxy) is 1. The summed E-state index contributed by atoms with van der Waals surface area (Å²) in [5.74, 6) is 0.506. The number of nitrogens with one attached hydrogen (secondary N) is 1. The number of halogens is 1. The lowest BCUT2D eigenvalue weighted by Gasteiger charge is -2.23. The number of aliphatic imine (C=N–C) groups is 1. The number of nitrogens with zero attached hydrogens (tertiary/aromatic N) is 1. The van der Waals surface area contributed by atoms with E-state index in [0.29, 0.717) is 12.5 Å². The summed E-state index contributed by atoms with van der Waals surface area (Å²) in [5, 5.41) is 3.12. The van der Waals surface area contributed by atoms with Crippen LogP contribution in [0.15, 0.2) is 29.3 Å². The van der Waals surface area contributed by atoms with Crippen LogP contribution in [0.4, 0.5) is 0 Å². The third kappa shape index (κ3) is 7.98. The van der Waals surface area contributed by atoms with E-state index in [4.69, 9.17) is 10.5 Å². The molecule has 0 bridgehead atoms. The summed E-state index contributed by atoms with van der Waals surface area (Å²) < 4.78 is 5.28. The molecule has 22 heavy (non-hydrogen) atoms. The fourth-order valence-corrected chi connectivity index (χ4v) is 1.97. The third-order valence-electron chi connectivity index (χ3n) is 3.45. The van der Waals surface area contributed by atoms with Crippen molar-refractivity contribution in [1.82, 2.24) is 5.32 Å². The van der Waals surface area contributed by atoms with Gasteiger partial charge >= 0.3 is 0 Å². The highest BCUT2D eigenvalue weighted by Gasteiger charge is 2.19. The van der Waals surface area contributed by atoms with Crippen LogP contribution in [0, 0.1) is 6.92 Å². The molecule has 3 N–H and O–H groups in total. The Kier molecular flexibility index (Phi) is 10.4. The number of aryl methyl sites for hydroxylation is 1. The fraction of sp³-hybridized carbons (Fsp3) is 0.588. The van der Waals surface area contributed by atoms with Crippen LogP contribution in [0.1, 0.15) is 38.3 Å². The number of hydrogen-bond donors (Lipinski definition) is 2. The van der Waals surface area contributed by atoms with Gasteiger partial charge in [-0.25, -0.2) is 0 Å². The molecule has 0 aliphatic heterocycles. The third-order valence-corrected chi connectivity index (χ3v) is 3.45. The van der Waals surface area contributed by atoms with Gasteiger partial charge in [-0.05, 0) is 25.8 Å². The SMILES string of the molecule is CCOCCCNC(N)=NCC(C)(C)c1ccc(C)cc1.I. The van der Waals surface area contributed by atoms with Crippen molar-refractivity contribution in [1.29, 1.82) is 0 Å². The molecular formula is C17H30IN3O. The van der Waals surface area contributed by atoms with Crippen molar-refractivity contribution in [3.05, 3.63) is 35.4 Å². The monoisotopic (exact) mass is 419 g/mol. The summed E-state index contributed by atoms with van der Waals surface area (Å²) in [6.07, 6.45) is 0.936. The van der Waals surface area contributed by atoms with E-state index in [0.717, 1.165) is 26.2 Å². The second-order valence-electron chi connectivity index (χ2n) is 5.93. The number of rotatable bonds is 8. The summed E-state index contributed by atoms with van der Waals surface area (Å²) in [4.78, 5) is 4.45. The summed E-state index contributed by atoms with van der Waals surface area (Å²) >= 11 is 0. The Bertz CT molecular complexity index is 444. The Balaban J connectivity index is 0.00000441.